The summed E-state index contributed by atoms with van der Waals surface area (Å²) >= 11 is 0. The van der Waals surface area contributed by atoms with Crippen LogP contribution in [0.5, 0.6) is 0 Å². The first kappa shape index (κ1) is 16.2. The zero-order valence-corrected chi connectivity index (χ0v) is 15.6. The SMILES string of the molecule is c1cncc(-n2c(CNc3ncnc4nc[nH]c34)nc3cccc(C4CC4)c32)c1. The minimum absolute atomic E-state index is 0.513. The molecule has 5 aromatic rings. The monoisotopic (exact) mass is 382 g/mol. The second-order valence-electron chi connectivity index (χ2n) is 7.24. The lowest BCUT2D eigenvalue weighted by atomic mass is 10.1. The summed E-state index contributed by atoms with van der Waals surface area (Å²) in [5, 5.41) is 3.40. The van der Waals surface area contributed by atoms with Gasteiger partial charge in [-0.3, -0.25) is 9.55 Å². The number of para-hydroxylation sites is 1. The number of H-pyrrole nitrogens is 1. The Morgan fingerprint density at radius 2 is 2.07 bits per heavy atom. The summed E-state index contributed by atoms with van der Waals surface area (Å²) in [4.78, 5) is 25.1. The van der Waals surface area contributed by atoms with Crippen molar-refractivity contribution in [3.8, 4) is 5.69 Å². The fraction of sp³-hybridized carbons (Fsp3) is 0.190. The van der Waals surface area contributed by atoms with Gasteiger partial charge in [0, 0.05) is 6.20 Å². The van der Waals surface area contributed by atoms with Gasteiger partial charge in [0.2, 0.25) is 0 Å². The molecule has 6 rings (SSSR count). The fourth-order valence-electron chi connectivity index (χ4n) is 3.87. The van der Waals surface area contributed by atoms with Crippen LogP contribution in [0.4, 0.5) is 5.82 Å². The van der Waals surface area contributed by atoms with Gasteiger partial charge in [-0.15, -0.1) is 0 Å². The van der Waals surface area contributed by atoms with E-state index in [1.54, 1.807) is 12.5 Å². The molecule has 1 aliphatic rings. The van der Waals surface area contributed by atoms with Gasteiger partial charge in [0.05, 0.1) is 35.8 Å². The third-order valence-electron chi connectivity index (χ3n) is 5.34. The zero-order valence-electron chi connectivity index (χ0n) is 15.6. The lowest BCUT2D eigenvalue weighted by Crippen LogP contribution is -2.09. The Morgan fingerprint density at radius 3 is 2.93 bits per heavy atom. The molecule has 142 valence electrons. The van der Waals surface area contributed by atoms with Gasteiger partial charge < -0.3 is 10.3 Å². The van der Waals surface area contributed by atoms with Crippen LogP contribution in [0, 0.1) is 0 Å². The number of nitrogens with one attached hydrogen (secondary N) is 2. The number of imidazole rings is 2. The largest absolute Gasteiger partial charge is 0.361 e. The van der Waals surface area contributed by atoms with E-state index >= 15 is 0 Å². The summed E-state index contributed by atoms with van der Waals surface area (Å²) in [6, 6.07) is 10.4. The van der Waals surface area contributed by atoms with Crippen molar-refractivity contribution >= 4 is 28.0 Å². The Kier molecular flexibility index (Phi) is 3.55. The molecule has 0 atom stereocenters. The van der Waals surface area contributed by atoms with Crippen molar-refractivity contribution in [3.63, 3.8) is 0 Å². The molecule has 29 heavy (non-hydrogen) atoms. The van der Waals surface area contributed by atoms with Crippen LogP contribution in [0.2, 0.25) is 0 Å². The number of anilines is 1. The van der Waals surface area contributed by atoms with Gasteiger partial charge in [0.1, 0.15) is 17.7 Å². The van der Waals surface area contributed by atoms with E-state index in [-0.39, 0.29) is 0 Å². The number of nitrogens with zero attached hydrogens (tertiary/aromatic N) is 6. The van der Waals surface area contributed by atoms with Crippen LogP contribution in [-0.2, 0) is 6.54 Å². The lowest BCUT2D eigenvalue weighted by Gasteiger charge is -2.12. The number of fused-ring (bicyclic) bond motifs is 2. The quantitative estimate of drug-likeness (QED) is 0.482. The van der Waals surface area contributed by atoms with Crippen molar-refractivity contribution in [1.29, 1.82) is 0 Å². The molecule has 8 heteroatoms. The summed E-state index contributed by atoms with van der Waals surface area (Å²) in [7, 11) is 0. The molecule has 4 heterocycles. The summed E-state index contributed by atoms with van der Waals surface area (Å²) in [6.45, 7) is 0.513. The number of pyridine rings is 1. The van der Waals surface area contributed by atoms with Gasteiger partial charge >= 0.3 is 0 Å². The van der Waals surface area contributed by atoms with E-state index in [4.69, 9.17) is 4.98 Å². The Bertz CT molecular complexity index is 1320. The highest BCUT2D eigenvalue weighted by Gasteiger charge is 2.28. The predicted octanol–water partition coefficient (Wildman–Crippen LogP) is 3.58. The molecule has 1 aromatic carbocycles. The van der Waals surface area contributed by atoms with Gasteiger partial charge in [0.15, 0.2) is 11.5 Å². The first-order valence-corrected chi connectivity index (χ1v) is 9.67. The molecule has 0 unspecified atom stereocenters. The van der Waals surface area contributed by atoms with Crippen molar-refractivity contribution < 1.29 is 0 Å². The van der Waals surface area contributed by atoms with Crippen molar-refractivity contribution in [2.45, 2.75) is 25.3 Å². The average molecular weight is 382 g/mol. The standard InChI is InChI=1S/C21H18N8/c1-4-15(13-6-7-13)19-16(5-1)28-17(29(19)14-3-2-8-22-9-14)10-23-20-18-21(25-11-24-18)27-12-26-20/h1-5,8-9,11-13H,6-7,10H2,(H2,23,24,25,26,27). The molecule has 0 spiro atoms. The molecule has 0 aliphatic heterocycles. The van der Waals surface area contributed by atoms with Crippen LogP contribution >= 0.6 is 0 Å². The van der Waals surface area contributed by atoms with Gasteiger partial charge in [-0.05, 0) is 42.5 Å². The average Bonchev–Trinajstić information content (AvgIpc) is 3.37. The summed E-state index contributed by atoms with van der Waals surface area (Å²) < 4.78 is 2.22. The van der Waals surface area contributed by atoms with Crippen molar-refractivity contribution in [2.75, 3.05) is 5.32 Å². The Morgan fingerprint density at radius 1 is 1.10 bits per heavy atom. The van der Waals surface area contributed by atoms with E-state index < -0.39 is 0 Å². The van der Waals surface area contributed by atoms with Crippen molar-refractivity contribution in [3.05, 3.63) is 66.8 Å². The van der Waals surface area contributed by atoms with Crippen LogP contribution in [0.25, 0.3) is 27.9 Å². The highest BCUT2D eigenvalue weighted by Crippen LogP contribution is 2.43. The van der Waals surface area contributed by atoms with Crippen molar-refractivity contribution in [1.82, 2.24) is 34.5 Å². The predicted molar refractivity (Wildman–Crippen MR) is 110 cm³/mol. The number of rotatable bonds is 5. The van der Waals surface area contributed by atoms with E-state index in [0.717, 1.165) is 22.5 Å². The van der Waals surface area contributed by atoms with Crippen molar-refractivity contribution in [2.24, 2.45) is 0 Å². The summed E-state index contributed by atoms with van der Waals surface area (Å²) in [5.41, 5.74) is 5.98. The molecule has 0 bridgehead atoms. The smallest absolute Gasteiger partial charge is 0.182 e. The maximum Gasteiger partial charge on any atom is 0.182 e. The molecule has 2 N–H and O–H groups in total. The first-order valence-electron chi connectivity index (χ1n) is 9.67. The number of aromatic amines is 1. The molecule has 0 radical (unpaired) electrons. The van der Waals surface area contributed by atoms with E-state index in [1.807, 2.05) is 12.3 Å². The molecule has 1 saturated carbocycles. The van der Waals surface area contributed by atoms with E-state index in [1.165, 1.54) is 30.2 Å². The molecular weight excluding hydrogens is 364 g/mol. The Hall–Kier alpha value is -3.81. The summed E-state index contributed by atoms with van der Waals surface area (Å²) in [5.74, 6) is 2.24. The van der Waals surface area contributed by atoms with E-state index in [0.29, 0.717) is 23.9 Å². The van der Waals surface area contributed by atoms with Gasteiger partial charge in [-0.2, -0.15) is 0 Å². The highest BCUT2D eigenvalue weighted by atomic mass is 15.1. The maximum absolute atomic E-state index is 4.95. The van der Waals surface area contributed by atoms with Crippen LogP contribution in [0.1, 0.15) is 30.1 Å². The molecule has 8 nitrogen and oxygen atoms in total. The molecule has 0 amide bonds. The highest BCUT2D eigenvalue weighted by molar-refractivity contribution is 5.84. The Labute approximate surface area is 166 Å². The number of hydrogen-bond donors (Lipinski definition) is 2. The normalized spacial score (nSPS) is 13.9. The maximum atomic E-state index is 4.95. The fourth-order valence-corrected chi connectivity index (χ4v) is 3.87. The Balaban J connectivity index is 1.48. The van der Waals surface area contributed by atoms with Crippen LogP contribution < -0.4 is 5.32 Å². The molecule has 1 fully saturated rings. The van der Waals surface area contributed by atoms with Gasteiger partial charge in [-0.1, -0.05) is 12.1 Å². The third kappa shape index (κ3) is 2.72. The molecular formula is C21H18N8. The van der Waals surface area contributed by atoms with Gasteiger partial charge in [0.25, 0.3) is 0 Å². The van der Waals surface area contributed by atoms with Crippen LogP contribution in [0.15, 0.2) is 55.4 Å². The van der Waals surface area contributed by atoms with Crippen LogP contribution in [-0.4, -0.2) is 34.5 Å². The number of hydrogen-bond acceptors (Lipinski definition) is 6. The van der Waals surface area contributed by atoms with Gasteiger partial charge in [-0.25, -0.2) is 19.9 Å². The van der Waals surface area contributed by atoms with E-state index in [2.05, 4.69) is 59.1 Å². The minimum Gasteiger partial charge on any atom is -0.361 e. The second-order valence-corrected chi connectivity index (χ2v) is 7.24. The number of benzene rings is 1. The number of aromatic nitrogens is 7. The van der Waals surface area contributed by atoms with Crippen LogP contribution in [0.3, 0.4) is 0 Å². The topological polar surface area (TPSA) is 97.2 Å². The zero-order chi connectivity index (χ0) is 19.2. The summed E-state index contributed by atoms with van der Waals surface area (Å²) in [6.07, 6.45) is 9.29. The molecule has 4 aromatic heterocycles. The third-order valence-corrected chi connectivity index (χ3v) is 5.34. The molecule has 1 aliphatic carbocycles. The first-order chi connectivity index (χ1) is 14.4. The lowest BCUT2D eigenvalue weighted by molar-refractivity contribution is 0.902. The second kappa shape index (κ2) is 6.37. The minimum atomic E-state index is 0.513. The van der Waals surface area contributed by atoms with E-state index in [9.17, 15) is 0 Å². The molecule has 0 saturated heterocycles.